The topological polar surface area (TPSA) is 91.3 Å². The molecule has 0 aromatic rings. The normalized spacial score (nSPS) is 13.2. The molecule has 0 aliphatic rings. The molecule has 0 saturated carbocycles. The van der Waals surface area contributed by atoms with E-state index in [9.17, 15) is 14.7 Å². The molecule has 0 aliphatic carbocycles. The predicted octanol–water partition coefficient (Wildman–Crippen LogP) is 12.8. The van der Waals surface area contributed by atoms with E-state index in [2.05, 4.69) is 38.2 Å². The van der Waals surface area contributed by atoms with Crippen molar-refractivity contribution in [3.05, 3.63) is 24.3 Å². The van der Waals surface area contributed by atoms with Crippen LogP contribution in [0.4, 0.5) is 0 Å². The quantitative estimate of drug-likeness (QED) is 0.0289. The maximum Gasteiger partial charge on any atom is 0.306 e. The van der Waals surface area contributed by atoms with E-state index in [0.29, 0.717) is 19.3 Å². The van der Waals surface area contributed by atoms with Crippen molar-refractivity contribution in [3.63, 3.8) is 0 Å². The third kappa shape index (κ3) is 39.8. The molecule has 0 fully saturated rings. The molecule has 0 aromatic heterocycles. The summed E-state index contributed by atoms with van der Waals surface area (Å²) in [6.45, 7) is 6.65. The minimum Gasteiger partial charge on any atom is -0.462 e. The highest BCUT2D eigenvalue weighted by Gasteiger charge is 2.18. The lowest BCUT2D eigenvalue weighted by atomic mass is 10.1. The molecule has 51 heavy (non-hydrogen) atoms. The molecule has 0 radical (unpaired) electrons. The molecule has 0 spiro atoms. The molecule has 0 rings (SSSR count). The summed E-state index contributed by atoms with van der Waals surface area (Å²) >= 11 is 0. The number of aliphatic hydroxyl groups is 1. The maximum atomic E-state index is 12.6. The number of carbonyl (C=O) groups excluding carboxylic acids is 2. The van der Waals surface area contributed by atoms with Gasteiger partial charge in [-0.05, 0) is 70.6 Å². The summed E-state index contributed by atoms with van der Waals surface area (Å²) in [6, 6.07) is 0. The Hall–Kier alpha value is -1.27. The highest BCUT2D eigenvalue weighted by Crippen LogP contribution is 2.17. The molecule has 0 bridgehead atoms. The third-order valence-corrected chi connectivity index (χ3v) is 9.72. The van der Waals surface area contributed by atoms with Crippen LogP contribution in [-0.4, -0.2) is 49.1 Å². The van der Waals surface area contributed by atoms with Gasteiger partial charge in [-0.15, -0.1) is 0 Å². The van der Waals surface area contributed by atoms with Gasteiger partial charge < -0.3 is 23.6 Å². The lowest BCUT2D eigenvalue weighted by Gasteiger charge is -2.18. The van der Waals surface area contributed by atoms with E-state index in [4.69, 9.17) is 18.5 Å². The summed E-state index contributed by atoms with van der Waals surface area (Å²) in [5, 5.41) is 9.66. The lowest BCUT2D eigenvalue weighted by Crippen LogP contribution is -2.29. The third-order valence-electron chi connectivity index (χ3n) is 9.15. The average Bonchev–Trinajstić information content (AvgIpc) is 3.13. The molecule has 2 unspecified atom stereocenters. The highest BCUT2D eigenvalue weighted by molar-refractivity contribution is 7.26. The molecular weight excluding hydrogens is 659 g/mol. The van der Waals surface area contributed by atoms with Crippen molar-refractivity contribution in [1.82, 2.24) is 0 Å². The summed E-state index contributed by atoms with van der Waals surface area (Å²) in [6.07, 6.45) is 40.9. The van der Waals surface area contributed by atoms with E-state index in [-0.39, 0.29) is 40.8 Å². The minimum atomic E-state index is -0.675. The van der Waals surface area contributed by atoms with Crippen molar-refractivity contribution in [1.29, 1.82) is 0 Å². The Morgan fingerprint density at radius 1 is 0.510 bits per heavy atom. The molecule has 1 N–H and O–H groups in total. The van der Waals surface area contributed by atoms with Gasteiger partial charge in [0.25, 0.3) is 0 Å². The molecule has 0 amide bonds. The molecule has 0 aromatic carbocycles. The fraction of sp³-hybridized carbons (Fsp3) is 0.860. The standard InChI is InChI=1S/C43H81O7P/c1-4-7-9-11-13-15-17-19-21-23-25-27-29-31-33-35-42(45)47-38-41(39-49-51-48-37-40(44)6-3)50-43(46)36-34-32-30-28-26-24-22-20-18-16-14-12-10-8-5-2/h19-22,40-41,44,51H,4-18,23-39H2,1-3H3/b21-19-,22-20-/t40?,41-/m1/s1. The number of carbonyl (C=O) groups is 2. The first-order chi connectivity index (χ1) is 25.0. The van der Waals surface area contributed by atoms with Crippen molar-refractivity contribution in [2.45, 2.75) is 219 Å². The number of hydrogen-bond acceptors (Lipinski definition) is 7. The monoisotopic (exact) mass is 741 g/mol. The first-order valence-corrected chi connectivity index (χ1v) is 22.2. The fourth-order valence-corrected chi connectivity index (χ4v) is 6.31. The van der Waals surface area contributed by atoms with Gasteiger partial charge in [-0.25, -0.2) is 0 Å². The Morgan fingerprint density at radius 3 is 1.35 bits per heavy atom. The second kappa shape index (κ2) is 41.5. The van der Waals surface area contributed by atoms with Crippen molar-refractivity contribution in [3.8, 4) is 0 Å². The van der Waals surface area contributed by atoms with Crippen LogP contribution >= 0.6 is 9.03 Å². The van der Waals surface area contributed by atoms with Gasteiger partial charge in [-0.2, -0.15) is 0 Å². The van der Waals surface area contributed by atoms with Crippen LogP contribution in [0.25, 0.3) is 0 Å². The fourth-order valence-electron chi connectivity index (χ4n) is 5.72. The van der Waals surface area contributed by atoms with E-state index in [1.54, 1.807) is 0 Å². The van der Waals surface area contributed by atoms with Crippen LogP contribution in [0.3, 0.4) is 0 Å². The number of aliphatic hydroxyl groups excluding tert-OH is 1. The summed E-state index contributed by atoms with van der Waals surface area (Å²) in [7, 11) is -0.287. The summed E-state index contributed by atoms with van der Waals surface area (Å²) in [4.78, 5) is 25.0. The van der Waals surface area contributed by atoms with Gasteiger partial charge in [0.2, 0.25) is 0 Å². The number of rotatable bonds is 40. The van der Waals surface area contributed by atoms with Crippen LogP contribution in [0.5, 0.6) is 0 Å². The zero-order chi connectivity index (χ0) is 37.3. The summed E-state index contributed by atoms with van der Waals surface area (Å²) in [5.74, 6) is -0.559. The number of allylic oxidation sites excluding steroid dienone is 4. The maximum absolute atomic E-state index is 12.6. The van der Waals surface area contributed by atoms with Crippen LogP contribution in [0.1, 0.15) is 207 Å². The summed E-state index contributed by atoms with van der Waals surface area (Å²) < 4.78 is 22.0. The second-order valence-electron chi connectivity index (χ2n) is 14.2. The zero-order valence-electron chi connectivity index (χ0n) is 33.5. The molecule has 300 valence electrons. The van der Waals surface area contributed by atoms with Crippen LogP contribution in [0.2, 0.25) is 0 Å². The van der Waals surface area contributed by atoms with Crippen molar-refractivity contribution >= 4 is 21.0 Å². The lowest BCUT2D eigenvalue weighted by molar-refractivity contribution is -0.161. The van der Waals surface area contributed by atoms with Crippen LogP contribution in [0, 0.1) is 0 Å². The smallest absolute Gasteiger partial charge is 0.306 e. The van der Waals surface area contributed by atoms with Gasteiger partial charge in [-0.3, -0.25) is 9.59 Å². The predicted molar refractivity (Wildman–Crippen MR) is 216 cm³/mol. The van der Waals surface area contributed by atoms with E-state index in [1.165, 1.54) is 116 Å². The van der Waals surface area contributed by atoms with Gasteiger partial charge in [0.05, 0.1) is 19.3 Å². The van der Waals surface area contributed by atoms with Gasteiger partial charge in [0.1, 0.15) is 6.61 Å². The van der Waals surface area contributed by atoms with E-state index in [1.807, 2.05) is 6.92 Å². The Bertz CT molecular complexity index is 803. The van der Waals surface area contributed by atoms with Gasteiger partial charge in [0.15, 0.2) is 15.1 Å². The second-order valence-corrected chi connectivity index (χ2v) is 15.0. The Morgan fingerprint density at radius 2 is 0.902 bits per heavy atom. The van der Waals surface area contributed by atoms with Crippen LogP contribution in [0.15, 0.2) is 24.3 Å². The number of esters is 2. The van der Waals surface area contributed by atoms with Crippen LogP contribution < -0.4 is 0 Å². The molecule has 0 heterocycles. The Balaban J connectivity index is 4.11. The zero-order valence-corrected chi connectivity index (χ0v) is 34.5. The van der Waals surface area contributed by atoms with Gasteiger partial charge in [-0.1, -0.05) is 148 Å². The molecule has 3 atom stereocenters. The van der Waals surface area contributed by atoms with E-state index >= 15 is 0 Å². The SMILES string of the molecule is CCCCCCCC/C=C\CCCCCCCC(=O)OC[C@H](COPOCC(O)CC)OC(=O)CCCCCCC/C=C\CCCCCCCC. The minimum absolute atomic E-state index is 0.0237. The van der Waals surface area contributed by atoms with Gasteiger partial charge in [0, 0.05) is 12.8 Å². The molecule has 7 nitrogen and oxygen atoms in total. The molecule has 0 aliphatic heterocycles. The van der Waals surface area contributed by atoms with E-state index in [0.717, 1.165) is 51.4 Å². The van der Waals surface area contributed by atoms with Crippen molar-refractivity contribution in [2.24, 2.45) is 0 Å². The first kappa shape index (κ1) is 49.7. The first-order valence-electron chi connectivity index (χ1n) is 21.3. The molecule has 8 heteroatoms. The largest absolute Gasteiger partial charge is 0.462 e. The number of hydrogen-bond donors (Lipinski definition) is 1. The molecule has 0 saturated heterocycles. The van der Waals surface area contributed by atoms with Crippen molar-refractivity contribution in [2.75, 3.05) is 19.8 Å². The Kier molecular flexibility index (Phi) is 40.5. The Labute approximate surface area is 316 Å². The number of unbranched alkanes of at least 4 members (excludes halogenated alkanes) is 22. The summed E-state index contributed by atoms with van der Waals surface area (Å²) in [5.41, 5.74) is 0. The van der Waals surface area contributed by atoms with Crippen molar-refractivity contribution < 1.29 is 33.2 Å². The van der Waals surface area contributed by atoms with Crippen LogP contribution in [-0.2, 0) is 28.1 Å². The van der Waals surface area contributed by atoms with E-state index < -0.39 is 12.2 Å². The average molecular weight is 741 g/mol. The van der Waals surface area contributed by atoms with Gasteiger partial charge >= 0.3 is 11.9 Å². The highest BCUT2D eigenvalue weighted by atomic mass is 31.1. The molecular formula is C43H81O7P. The number of ether oxygens (including phenoxy) is 2.